The van der Waals surface area contributed by atoms with Gasteiger partial charge < -0.3 is 10.1 Å². The Bertz CT molecular complexity index is 580. The van der Waals surface area contributed by atoms with E-state index in [1.165, 1.54) is 16.7 Å². The molecule has 2 aromatic rings. The maximum Gasteiger partial charge on any atom is 0.119 e. The topological polar surface area (TPSA) is 21.3 Å². The van der Waals surface area contributed by atoms with Gasteiger partial charge in [0, 0.05) is 10.5 Å². The highest BCUT2D eigenvalue weighted by molar-refractivity contribution is 9.10. The summed E-state index contributed by atoms with van der Waals surface area (Å²) in [4.78, 5) is 0. The zero-order valence-corrected chi connectivity index (χ0v) is 14.4. The highest BCUT2D eigenvalue weighted by atomic mass is 79.9. The van der Waals surface area contributed by atoms with Crippen molar-refractivity contribution in [3.63, 3.8) is 0 Å². The molecule has 0 fully saturated rings. The molecule has 0 aromatic heterocycles. The van der Waals surface area contributed by atoms with Crippen molar-refractivity contribution in [2.24, 2.45) is 0 Å². The van der Waals surface area contributed by atoms with Crippen LogP contribution in [0.1, 0.15) is 29.7 Å². The summed E-state index contributed by atoms with van der Waals surface area (Å²) < 4.78 is 6.44. The first kappa shape index (κ1) is 16.1. The lowest BCUT2D eigenvalue weighted by Gasteiger charge is -2.18. The lowest BCUT2D eigenvalue weighted by molar-refractivity contribution is 0.414. The minimum atomic E-state index is 0.291. The van der Waals surface area contributed by atoms with Gasteiger partial charge in [0.05, 0.1) is 7.11 Å². The first-order valence-corrected chi connectivity index (χ1v) is 8.05. The van der Waals surface area contributed by atoms with E-state index in [4.69, 9.17) is 4.74 Å². The van der Waals surface area contributed by atoms with Crippen LogP contribution in [0, 0.1) is 0 Å². The zero-order chi connectivity index (χ0) is 15.2. The van der Waals surface area contributed by atoms with Gasteiger partial charge in [-0.2, -0.15) is 0 Å². The standard InChI is InChI=1S/C18H22BrNO/c1-4-13-5-7-14(8-6-13)18(20-2)12-15-11-16(21-3)9-10-17(15)19/h5-11,18,20H,4,12H2,1-3H3. The number of nitrogens with one attached hydrogen (secondary N) is 1. The quantitative estimate of drug-likeness (QED) is 0.829. The minimum Gasteiger partial charge on any atom is -0.497 e. The van der Waals surface area contributed by atoms with Gasteiger partial charge >= 0.3 is 0 Å². The number of hydrogen-bond donors (Lipinski definition) is 1. The van der Waals surface area contributed by atoms with Crippen molar-refractivity contribution < 1.29 is 4.74 Å². The normalized spacial score (nSPS) is 12.2. The van der Waals surface area contributed by atoms with Crippen LogP contribution in [0.25, 0.3) is 0 Å². The van der Waals surface area contributed by atoms with Gasteiger partial charge in [-0.15, -0.1) is 0 Å². The average Bonchev–Trinajstić information content (AvgIpc) is 2.54. The van der Waals surface area contributed by atoms with Gasteiger partial charge in [0.2, 0.25) is 0 Å². The summed E-state index contributed by atoms with van der Waals surface area (Å²) in [5.41, 5.74) is 3.92. The van der Waals surface area contributed by atoms with Crippen LogP contribution in [-0.4, -0.2) is 14.2 Å². The van der Waals surface area contributed by atoms with Crippen molar-refractivity contribution in [3.05, 3.63) is 63.6 Å². The van der Waals surface area contributed by atoms with Crippen LogP contribution < -0.4 is 10.1 Å². The molecular weight excluding hydrogens is 326 g/mol. The van der Waals surface area contributed by atoms with E-state index in [0.29, 0.717) is 6.04 Å². The SMILES string of the molecule is CCc1ccc(C(Cc2cc(OC)ccc2Br)NC)cc1. The summed E-state index contributed by atoms with van der Waals surface area (Å²) in [7, 11) is 3.71. The molecule has 0 aliphatic carbocycles. The number of ether oxygens (including phenoxy) is 1. The van der Waals surface area contributed by atoms with Crippen LogP contribution in [0.3, 0.4) is 0 Å². The molecule has 2 rings (SSSR count). The molecule has 0 spiro atoms. The second-order valence-electron chi connectivity index (χ2n) is 5.10. The first-order valence-electron chi connectivity index (χ1n) is 7.26. The molecule has 2 aromatic carbocycles. The maximum absolute atomic E-state index is 5.32. The van der Waals surface area contributed by atoms with E-state index in [0.717, 1.165) is 23.1 Å². The first-order chi connectivity index (χ1) is 10.2. The molecule has 2 nitrogen and oxygen atoms in total. The van der Waals surface area contributed by atoms with Gasteiger partial charge in [-0.25, -0.2) is 0 Å². The van der Waals surface area contributed by atoms with Crippen LogP contribution in [0.5, 0.6) is 5.75 Å². The summed E-state index contributed by atoms with van der Waals surface area (Å²) in [6, 6.07) is 15.2. The molecule has 0 radical (unpaired) electrons. The monoisotopic (exact) mass is 347 g/mol. The van der Waals surface area contributed by atoms with Gasteiger partial charge in [-0.1, -0.05) is 47.1 Å². The Morgan fingerprint density at radius 1 is 1.14 bits per heavy atom. The Balaban J connectivity index is 2.21. The third kappa shape index (κ3) is 4.08. The van der Waals surface area contributed by atoms with Gasteiger partial charge in [0.15, 0.2) is 0 Å². The van der Waals surface area contributed by atoms with Crippen molar-refractivity contribution >= 4 is 15.9 Å². The maximum atomic E-state index is 5.32. The van der Waals surface area contributed by atoms with E-state index in [9.17, 15) is 0 Å². The van der Waals surface area contributed by atoms with Crippen molar-refractivity contribution in [2.45, 2.75) is 25.8 Å². The number of benzene rings is 2. The fraction of sp³-hybridized carbons (Fsp3) is 0.333. The molecule has 1 N–H and O–H groups in total. The lowest BCUT2D eigenvalue weighted by Crippen LogP contribution is -2.19. The molecular formula is C18H22BrNO. The van der Waals surface area contributed by atoms with Crippen LogP contribution in [-0.2, 0) is 12.8 Å². The van der Waals surface area contributed by atoms with E-state index < -0.39 is 0 Å². The molecule has 1 unspecified atom stereocenters. The van der Waals surface area contributed by atoms with Gasteiger partial charge in [0.25, 0.3) is 0 Å². The molecule has 0 saturated heterocycles. The van der Waals surface area contributed by atoms with Crippen molar-refractivity contribution in [1.29, 1.82) is 0 Å². The van der Waals surface area contributed by atoms with E-state index >= 15 is 0 Å². The Morgan fingerprint density at radius 3 is 2.43 bits per heavy atom. The predicted octanol–water partition coefficient (Wildman–Crippen LogP) is 4.52. The summed E-state index contributed by atoms with van der Waals surface area (Å²) in [5.74, 6) is 0.893. The third-order valence-corrected chi connectivity index (χ3v) is 4.59. The molecule has 1 atom stereocenters. The molecule has 3 heteroatoms. The molecule has 21 heavy (non-hydrogen) atoms. The van der Waals surface area contributed by atoms with Crippen molar-refractivity contribution in [2.75, 3.05) is 14.2 Å². The molecule has 0 bridgehead atoms. The van der Waals surface area contributed by atoms with Crippen LogP contribution in [0.2, 0.25) is 0 Å². The van der Waals surface area contributed by atoms with Crippen molar-refractivity contribution in [3.8, 4) is 5.75 Å². The Morgan fingerprint density at radius 2 is 1.86 bits per heavy atom. The summed E-state index contributed by atoms with van der Waals surface area (Å²) in [5, 5.41) is 3.41. The van der Waals surface area contributed by atoms with Crippen LogP contribution >= 0.6 is 15.9 Å². The molecule has 0 amide bonds. The predicted molar refractivity (Wildman–Crippen MR) is 92.0 cm³/mol. The van der Waals surface area contributed by atoms with Gasteiger partial charge in [-0.3, -0.25) is 0 Å². The fourth-order valence-electron chi connectivity index (χ4n) is 2.43. The summed E-state index contributed by atoms with van der Waals surface area (Å²) >= 11 is 3.63. The highest BCUT2D eigenvalue weighted by Crippen LogP contribution is 2.27. The van der Waals surface area contributed by atoms with Crippen molar-refractivity contribution in [1.82, 2.24) is 5.32 Å². The third-order valence-electron chi connectivity index (χ3n) is 3.82. The Labute approximate surface area is 135 Å². The zero-order valence-electron chi connectivity index (χ0n) is 12.8. The largest absolute Gasteiger partial charge is 0.497 e. The fourth-order valence-corrected chi connectivity index (χ4v) is 2.84. The number of rotatable bonds is 6. The second kappa shape index (κ2) is 7.62. The van der Waals surface area contributed by atoms with E-state index in [2.05, 4.69) is 58.5 Å². The van der Waals surface area contributed by atoms with E-state index in [1.54, 1.807) is 7.11 Å². The van der Waals surface area contributed by atoms with Crippen LogP contribution in [0.4, 0.5) is 0 Å². The number of likely N-dealkylation sites (N-methyl/N-ethyl adjacent to an activating group) is 1. The lowest BCUT2D eigenvalue weighted by atomic mass is 9.97. The summed E-state index contributed by atoms with van der Waals surface area (Å²) in [6.45, 7) is 2.18. The number of methoxy groups -OCH3 is 1. The smallest absolute Gasteiger partial charge is 0.119 e. The number of aryl methyl sites for hydroxylation is 1. The van der Waals surface area contributed by atoms with E-state index in [1.807, 2.05) is 19.2 Å². The molecule has 0 heterocycles. The number of halogens is 1. The second-order valence-corrected chi connectivity index (χ2v) is 5.95. The van der Waals surface area contributed by atoms with Gasteiger partial charge in [0.1, 0.15) is 5.75 Å². The van der Waals surface area contributed by atoms with E-state index in [-0.39, 0.29) is 0 Å². The molecule has 0 aliphatic heterocycles. The molecule has 112 valence electrons. The Hall–Kier alpha value is -1.32. The highest BCUT2D eigenvalue weighted by Gasteiger charge is 2.12. The van der Waals surface area contributed by atoms with Gasteiger partial charge in [-0.05, 0) is 54.8 Å². The molecule has 0 saturated carbocycles. The average molecular weight is 348 g/mol. The number of hydrogen-bond acceptors (Lipinski definition) is 2. The molecule has 0 aliphatic rings. The summed E-state index contributed by atoms with van der Waals surface area (Å²) in [6.07, 6.45) is 1.99. The minimum absolute atomic E-state index is 0.291. The Kier molecular flexibility index (Phi) is 5.83. The van der Waals surface area contributed by atoms with Crippen LogP contribution in [0.15, 0.2) is 46.9 Å².